The van der Waals surface area contributed by atoms with Crippen molar-refractivity contribution in [2.45, 2.75) is 26.0 Å². The first-order valence-electron chi connectivity index (χ1n) is 11.0. The average molecular weight is 444 g/mol. The lowest BCUT2D eigenvalue weighted by Gasteiger charge is -2.25. The monoisotopic (exact) mass is 443 g/mol. The molecule has 0 bridgehead atoms. The van der Waals surface area contributed by atoms with E-state index in [-0.39, 0.29) is 17.8 Å². The number of rotatable bonds is 10. The van der Waals surface area contributed by atoms with Crippen LogP contribution in [0.15, 0.2) is 66.7 Å². The van der Waals surface area contributed by atoms with E-state index in [1.165, 1.54) is 29.4 Å². The second kappa shape index (κ2) is 9.98. The smallest absolute Gasteiger partial charge is 0.310 e. The van der Waals surface area contributed by atoms with Gasteiger partial charge in [0.1, 0.15) is 5.84 Å². The number of esters is 1. The van der Waals surface area contributed by atoms with Crippen LogP contribution in [0.25, 0.3) is 22.3 Å². The molecule has 1 aliphatic rings. The van der Waals surface area contributed by atoms with Crippen LogP contribution in [-0.2, 0) is 27.3 Å². The number of nitrogens with one attached hydrogen (secondary N) is 2. The molecule has 4 N–H and O–H groups in total. The third-order valence-electron chi connectivity index (χ3n) is 6.17. The van der Waals surface area contributed by atoms with Crippen molar-refractivity contribution in [1.82, 2.24) is 5.32 Å². The Morgan fingerprint density at radius 1 is 0.970 bits per heavy atom. The first-order valence-corrected chi connectivity index (χ1v) is 11.0. The van der Waals surface area contributed by atoms with E-state index in [9.17, 15) is 4.79 Å². The molecule has 3 aromatic carbocycles. The Labute approximate surface area is 194 Å². The van der Waals surface area contributed by atoms with Crippen molar-refractivity contribution in [2.75, 3.05) is 13.8 Å². The number of nitrogen functional groups attached to an aromatic ring is 1. The van der Waals surface area contributed by atoms with Crippen LogP contribution in [-0.4, -0.2) is 31.7 Å². The molecule has 0 fully saturated rings. The summed E-state index contributed by atoms with van der Waals surface area (Å²) in [6, 6.07) is 22.1. The van der Waals surface area contributed by atoms with Crippen LogP contribution < -0.4 is 11.1 Å². The summed E-state index contributed by atoms with van der Waals surface area (Å²) in [6.45, 7) is 2.75. The number of hydrogen-bond acceptors (Lipinski definition) is 5. The fourth-order valence-corrected chi connectivity index (χ4v) is 4.27. The van der Waals surface area contributed by atoms with Gasteiger partial charge in [-0.15, -0.1) is 0 Å². The quantitative estimate of drug-likeness (QED) is 0.113. The molecule has 0 radical (unpaired) electrons. The molecule has 0 aromatic heterocycles. The zero-order valence-electron chi connectivity index (χ0n) is 18.9. The van der Waals surface area contributed by atoms with Gasteiger partial charge in [0.2, 0.25) is 0 Å². The van der Waals surface area contributed by atoms with Crippen molar-refractivity contribution < 1.29 is 14.3 Å². The van der Waals surface area contributed by atoms with E-state index < -0.39 is 5.92 Å². The maximum absolute atomic E-state index is 12.4. The fourth-order valence-electron chi connectivity index (χ4n) is 4.27. The molecule has 0 aliphatic heterocycles. The highest BCUT2D eigenvalue weighted by Gasteiger charge is 2.26. The summed E-state index contributed by atoms with van der Waals surface area (Å²) in [6.07, 6.45) is 0.478. The molecular formula is C27H29N3O3. The Hall–Kier alpha value is -3.48. The molecule has 4 rings (SSSR count). The van der Waals surface area contributed by atoms with Crippen LogP contribution in [0.5, 0.6) is 0 Å². The number of fused-ring (bicyclic) bond motifs is 4. The van der Waals surface area contributed by atoms with Crippen molar-refractivity contribution in [2.24, 2.45) is 11.7 Å². The largest absolute Gasteiger partial charge is 0.469 e. The first kappa shape index (κ1) is 22.7. The molecule has 6 nitrogen and oxygen atoms in total. The number of nitrogens with two attached hydrogens (primary N) is 1. The van der Waals surface area contributed by atoms with E-state index in [4.69, 9.17) is 20.6 Å². The second-order valence-corrected chi connectivity index (χ2v) is 8.36. The topological polar surface area (TPSA) is 97.4 Å². The van der Waals surface area contributed by atoms with Crippen molar-refractivity contribution >= 4 is 11.8 Å². The Kier molecular flexibility index (Phi) is 6.87. The van der Waals surface area contributed by atoms with E-state index in [0.29, 0.717) is 25.3 Å². The molecule has 0 saturated heterocycles. The van der Waals surface area contributed by atoms with Gasteiger partial charge in [0, 0.05) is 11.6 Å². The Balaban J connectivity index is 1.31. The Morgan fingerprint density at radius 3 is 2.42 bits per heavy atom. The molecule has 1 unspecified atom stereocenters. The summed E-state index contributed by atoms with van der Waals surface area (Å²) in [4.78, 5) is 12.4. The minimum absolute atomic E-state index is 0.00498. The predicted molar refractivity (Wildman–Crippen MR) is 130 cm³/mol. The maximum atomic E-state index is 12.4. The van der Waals surface area contributed by atoms with Crippen LogP contribution in [0.4, 0.5) is 0 Å². The fraction of sp³-hybridized carbons (Fsp3) is 0.259. The number of benzene rings is 3. The number of methoxy groups -OCH3 is 1. The zero-order chi connectivity index (χ0) is 23.4. The summed E-state index contributed by atoms with van der Waals surface area (Å²) in [5.74, 6) is -0.677. The summed E-state index contributed by atoms with van der Waals surface area (Å²) < 4.78 is 10.9. The number of hydrogen-bond donors (Lipinski definition) is 3. The molecule has 33 heavy (non-hydrogen) atoms. The van der Waals surface area contributed by atoms with Gasteiger partial charge in [-0.3, -0.25) is 15.5 Å². The predicted octanol–water partition coefficient (Wildman–Crippen LogP) is 4.10. The van der Waals surface area contributed by atoms with Gasteiger partial charge in [-0.1, -0.05) is 54.6 Å². The van der Waals surface area contributed by atoms with Gasteiger partial charge in [0.15, 0.2) is 0 Å². The van der Waals surface area contributed by atoms with Gasteiger partial charge >= 0.3 is 5.97 Å². The summed E-state index contributed by atoms with van der Waals surface area (Å²) in [5, 5.41) is 10.9. The van der Waals surface area contributed by atoms with Crippen LogP contribution in [0.2, 0.25) is 0 Å². The highest BCUT2D eigenvalue weighted by molar-refractivity contribution is 6.02. The number of amidine groups is 1. The maximum Gasteiger partial charge on any atom is 0.310 e. The molecule has 3 aromatic rings. The lowest BCUT2D eigenvalue weighted by molar-refractivity contribution is -0.146. The Morgan fingerprint density at radius 2 is 1.70 bits per heavy atom. The SMILES string of the molecule is COC(=O)C(Cc1cccc(C(=N)N)c1)[C@@H](C)NCOCc1ccc2c(c1)-c1ccccc1-2. The second-order valence-electron chi connectivity index (χ2n) is 8.36. The van der Waals surface area contributed by atoms with Crippen LogP contribution in [0.3, 0.4) is 0 Å². The van der Waals surface area contributed by atoms with E-state index in [2.05, 4.69) is 47.8 Å². The van der Waals surface area contributed by atoms with Crippen molar-refractivity contribution in [3.8, 4) is 22.3 Å². The van der Waals surface area contributed by atoms with Gasteiger partial charge in [-0.25, -0.2) is 0 Å². The minimum atomic E-state index is -0.395. The Bertz CT molecular complexity index is 1170. The molecule has 170 valence electrons. The zero-order valence-corrected chi connectivity index (χ0v) is 18.9. The van der Waals surface area contributed by atoms with Gasteiger partial charge in [0.05, 0.1) is 26.4 Å². The molecule has 0 amide bonds. The molecule has 6 heteroatoms. The van der Waals surface area contributed by atoms with E-state index in [0.717, 1.165) is 11.1 Å². The van der Waals surface area contributed by atoms with Crippen LogP contribution in [0, 0.1) is 11.3 Å². The summed E-state index contributed by atoms with van der Waals surface area (Å²) >= 11 is 0. The van der Waals surface area contributed by atoms with Crippen molar-refractivity contribution in [3.63, 3.8) is 0 Å². The molecule has 0 spiro atoms. The lowest BCUT2D eigenvalue weighted by Crippen LogP contribution is -2.40. The number of carbonyl (C=O) groups is 1. The van der Waals surface area contributed by atoms with Gasteiger partial charge in [-0.05, 0) is 58.9 Å². The minimum Gasteiger partial charge on any atom is -0.469 e. The van der Waals surface area contributed by atoms with Crippen LogP contribution in [0.1, 0.15) is 23.6 Å². The standard InChI is InChI=1S/C27H29N3O3/c1-17(24(27(31)32-2)13-18-6-5-7-20(12-18)26(28)29)30-16-33-15-19-10-11-23-21-8-3-4-9-22(21)25(23)14-19/h3-12,14,17,24,30H,13,15-16H2,1-2H3,(H3,28,29)/t17-,24?/m1/s1. The molecule has 0 saturated carbocycles. The highest BCUT2D eigenvalue weighted by Crippen LogP contribution is 2.47. The normalized spacial score (nSPS) is 13.3. The van der Waals surface area contributed by atoms with Gasteiger partial charge < -0.3 is 15.2 Å². The molecule has 1 aliphatic carbocycles. The number of carbonyl (C=O) groups excluding carboxylic acids is 1. The van der Waals surface area contributed by atoms with E-state index in [1.54, 1.807) is 6.07 Å². The molecule has 0 heterocycles. The first-order chi connectivity index (χ1) is 16.0. The lowest BCUT2D eigenvalue weighted by atomic mass is 9.80. The van der Waals surface area contributed by atoms with E-state index >= 15 is 0 Å². The van der Waals surface area contributed by atoms with Crippen LogP contribution >= 0.6 is 0 Å². The van der Waals surface area contributed by atoms with Gasteiger partial charge in [-0.2, -0.15) is 0 Å². The molecule has 2 atom stereocenters. The molecular weight excluding hydrogens is 414 g/mol. The number of ether oxygens (including phenoxy) is 2. The summed E-state index contributed by atoms with van der Waals surface area (Å²) in [5.41, 5.74) is 13.4. The average Bonchev–Trinajstić information content (AvgIpc) is 2.83. The summed E-state index contributed by atoms with van der Waals surface area (Å²) in [7, 11) is 1.40. The van der Waals surface area contributed by atoms with E-state index in [1.807, 2.05) is 25.1 Å². The highest BCUT2D eigenvalue weighted by atomic mass is 16.5. The third-order valence-corrected chi connectivity index (χ3v) is 6.17. The van der Waals surface area contributed by atoms with Gasteiger partial charge in [0.25, 0.3) is 0 Å². The van der Waals surface area contributed by atoms with Crippen molar-refractivity contribution in [3.05, 3.63) is 83.4 Å². The van der Waals surface area contributed by atoms with Crippen molar-refractivity contribution in [1.29, 1.82) is 5.41 Å². The third kappa shape index (κ3) is 4.97.